The number of nitrogens with zero attached hydrogens (tertiary/aromatic N) is 1. The number of carbonyl (C=O) groups excluding carboxylic acids is 1. The van der Waals surface area contributed by atoms with Crippen LogP contribution in [0, 0.1) is 25.2 Å². The molecule has 0 aliphatic heterocycles. The van der Waals surface area contributed by atoms with Crippen LogP contribution in [0.15, 0.2) is 77.2 Å². The Labute approximate surface area is 191 Å². The second kappa shape index (κ2) is 9.69. The van der Waals surface area contributed by atoms with E-state index < -0.39 is 16.0 Å². The first kappa shape index (κ1) is 23.1. The summed E-state index contributed by atoms with van der Waals surface area (Å²) < 4.78 is 29.9. The first-order valence-electron chi connectivity index (χ1n) is 9.48. The van der Waals surface area contributed by atoms with E-state index in [9.17, 15) is 18.5 Å². The topological polar surface area (TPSA) is 96.3 Å². The highest BCUT2D eigenvalue weighted by Crippen LogP contribution is 2.22. The summed E-state index contributed by atoms with van der Waals surface area (Å²) >= 11 is 6.06. The van der Waals surface area contributed by atoms with Crippen molar-refractivity contribution in [3.63, 3.8) is 0 Å². The van der Waals surface area contributed by atoms with Crippen molar-refractivity contribution in [1.82, 2.24) is 0 Å². The number of nitriles is 1. The van der Waals surface area contributed by atoms with Crippen molar-refractivity contribution >= 4 is 39.4 Å². The molecule has 0 atom stereocenters. The van der Waals surface area contributed by atoms with Crippen LogP contribution in [-0.2, 0) is 14.9 Å². The predicted octanol–water partition coefficient (Wildman–Crippen LogP) is 5.27. The van der Waals surface area contributed by atoms with Gasteiger partial charge in [0.1, 0.15) is 22.3 Å². The minimum Gasteiger partial charge on any atom is -0.379 e. The SMILES string of the molecule is Cc1ccc(S(=O)(=O)Oc2ccc(/C=C(\C#N)C(=O)Nc3ccc(C)c(Cl)c3)cc2)cc1. The van der Waals surface area contributed by atoms with Gasteiger partial charge in [-0.1, -0.05) is 47.5 Å². The van der Waals surface area contributed by atoms with Crippen LogP contribution >= 0.6 is 11.6 Å². The molecule has 162 valence electrons. The third-order valence-corrected chi connectivity index (χ3v) is 6.17. The highest BCUT2D eigenvalue weighted by Gasteiger charge is 2.16. The van der Waals surface area contributed by atoms with Crippen LogP contribution in [0.4, 0.5) is 5.69 Å². The van der Waals surface area contributed by atoms with E-state index in [2.05, 4.69) is 5.32 Å². The Morgan fingerprint density at radius 3 is 2.28 bits per heavy atom. The van der Waals surface area contributed by atoms with Gasteiger partial charge in [-0.05, 0) is 67.4 Å². The molecule has 3 rings (SSSR count). The summed E-state index contributed by atoms with van der Waals surface area (Å²) in [7, 11) is -3.97. The fourth-order valence-corrected chi connectivity index (χ4v) is 3.79. The van der Waals surface area contributed by atoms with E-state index >= 15 is 0 Å². The monoisotopic (exact) mass is 466 g/mol. The number of carbonyl (C=O) groups is 1. The molecule has 0 aromatic heterocycles. The third-order valence-electron chi connectivity index (χ3n) is 4.50. The maximum atomic E-state index is 12.4. The summed E-state index contributed by atoms with van der Waals surface area (Å²) in [6, 6.07) is 19.2. The fourth-order valence-electron chi connectivity index (χ4n) is 2.68. The molecule has 3 aromatic carbocycles. The number of benzene rings is 3. The van der Waals surface area contributed by atoms with Crippen LogP contribution < -0.4 is 9.50 Å². The van der Waals surface area contributed by atoms with Gasteiger partial charge in [0.05, 0.1) is 0 Å². The number of rotatable bonds is 6. The molecule has 0 heterocycles. The number of aryl methyl sites for hydroxylation is 2. The van der Waals surface area contributed by atoms with Crippen LogP contribution in [-0.4, -0.2) is 14.3 Å². The maximum Gasteiger partial charge on any atom is 0.339 e. The minimum absolute atomic E-state index is 0.0479. The van der Waals surface area contributed by atoms with E-state index in [1.165, 1.54) is 30.3 Å². The molecule has 0 saturated heterocycles. The number of amides is 1. The number of hydrogen-bond donors (Lipinski definition) is 1. The molecule has 0 spiro atoms. The van der Waals surface area contributed by atoms with E-state index in [0.717, 1.165) is 11.1 Å². The van der Waals surface area contributed by atoms with Gasteiger partial charge >= 0.3 is 10.1 Å². The molecule has 0 unspecified atom stereocenters. The highest BCUT2D eigenvalue weighted by atomic mass is 35.5. The number of nitrogens with one attached hydrogen (secondary N) is 1. The largest absolute Gasteiger partial charge is 0.379 e. The Morgan fingerprint density at radius 2 is 1.69 bits per heavy atom. The standard InChI is InChI=1S/C24H19ClN2O4S/c1-16-3-11-22(12-4-16)32(29,30)31-21-9-6-18(7-10-21)13-19(15-26)24(28)27-20-8-5-17(2)23(25)14-20/h3-14H,1-2H3,(H,27,28)/b19-13+. The van der Waals surface area contributed by atoms with Crippen molar-refractivity contribution in [2.75, 3.05) is 5.32 Å². The average molecular weight is 467 g/mol. The summed E-state index contributed by atoms with van der Waals surface area (Å²) in [5.74, 6) is -0.477. The maximum absolute atomic E-state index is 12.4. The smallest absolute Gasteiger partial charge is 0.339 e. The van der Waals surface area contributed by atoms with Crippen molar-refractivity contribution in [3.05, 3.63) is 94.0 Å². The lowest BCUT2D eigenvalue weighted by atomic mass is 10.1. The summed E-state index contributed by atoms with van der Waals surface area (Å²) in [6.07, 6.45) is 1.39. The summed E-state index contributed by atoms with van der Waals surface area (Å²) in [5.41, 5.74) is 2.67. The molecular formula is C24H19ClN2O4S. The van der Waals surface area contributed by atoms with Crippen LogP contribution in [0.2, 0.25) is 5.02 Å². The van der Waals surface area contributed by atoms with Crippen LogP contribution in [0.5, 0.6) is 5.75 Å². The third kappa shape index (κ3) is 5.76. The zero-order chi connectivity index (χ0) is 23.3. The van der Waals surface area contributed by atoms with Crippen LogP contribution in [0.1, 0.15) is 16.7 Å². The molecule has 0 fully saturated rings. The molecule has 6 nitrogen and oxygen atoms in total. The van der Waals surface area contributed by atoms with Gasteiger partial charge in [0.25, 0.3) is 5.91 Å². The lowest BCUT2D eigenvalue weighted by molar-refractivity contribution is -0.112. The van der Waals surface area contributed by atoms with Gasteiger partial charge in [-0.2, -0.15) is 13.7 Å². The number of halogens is 1. The number of anilines is 1. The van der Waals surface area contributed by atoms with Crippen LogP contribution in [0.3, 0.4) is 0 Å². The van der Waals surface area contributed by atoms with E-state index in [4.69, 9.17) is 15.8 Å². The van der Waals surface area contributed by atoms with Gasteiger partial charge in [-0.15, -0.1) is 0 Å². The minimum atomic E-state index is -3.97. The normalized spacial score (nSPS) is 11.5. The van der Waals surface area contributed by atoms with Crippen LogP contribution in [0.25, 0.3) is 6.08 Å². The zero-order valence-electron chi connectivity index (χ0n) is 17.3. The van der Waals surface area contributed by atoms with Gasteiger partial charge in [0, 0.05) is 10.7 Å². The first-order valence-corrected chi connectivity index (χ1v) is 11.3. The van der Waals surface area contributed by atoms with Gasteiger partial charge < -0.3 is 9.50 Å². The van der Waals surface area contributed by atoms with Gasteiger partial charge in [-0.25, -0.2) is 0 Å². The molecule has 0 radical (unpaired) electrons. The van der Waals surface area contributed by atoms with Crippen molar-refractivity contribution in [2.24, 2.45) is 0 Å². The van der Waals surface area contributed by atoms with Crippen molar-refractivity contribution < 1.29 is 17.4 Å². The molecule has 0 aliphatic rings. The summed E-state index contributed by atoms with van der Waals surface area (Å²) in [5, 5.41) is 12.5. The summed E-state index contributed by atoms with van der Waals surface area (Å²) in [6.45, 7) is 3.70. The van der Waals surface area contributed by atoms with Crippen molar-refractivity contribution in [2.45, 2.75) is 18.7 Å². The lowest BCUT2D eigenvalue weighted by Gasteiger charge is -2.08. The van der Waals surface area contributed by atoms with Gasteiger partial charge in [-0.3, -0.25) is 4.79 Å². The predicted molar refractivity (Wildman–Crippen MR) is 124 cm³/mol. The molecule has 3 aromatic rings. The Balaban J connectivity index is 1.73. The fraction of sp³-hybridized carbons (Fsp3) is 0.0833. The van der Waals surface area contributed by atoms with E-state index in [1.54, 1.807) is 42.5 Å². The van der Waals surface area contributed by atoms with Crippen molar-refractivity contribution in [3.8, 4) is 11.8 Å². The average Bonchev–Trinajstić information content (AvgIpc) is 2.75. The molecule has 1 N–H and O–H groups in total. The number of hydrogen-bond acceptors (Lipinski definition) is 5. The summed E-state index contributed by atoms with van der Waals surface area (Å²) in [4.78, 5) is 12.5. The second-order valence-corrected chi connectivity index (χ2v) is 8.96. The molecule has 1 amide bonds. The zero-order valence-corrected chi connectivity index (χ0v) is 18.9. The van der Waals surface area contributed by atoms with E-state index in [1.807, 2.05) is 19.9 Å². The van der Waals surface area contributed by atoms with Crippen molar-refractivity contribution in [1.29, 1.82) is 5.26 Å². The van der Waals surface area contributed by atoms with E-state index in [0.29, 0.717) is 16.3 Å². The Morgan fingerprint density at radius 1 is 1.03 bits per heavy atom. The Bertz CT molecular complexity index is 1320. The molecule has 0 aliphatic carbocycles. The molecule has 8 heteroatoms. The molecule has 0 saturated carbocycles. The van der Waals surface area contributed by atoms with Gasteiger partial charge in [0.15, 0.2) is 0 Å². The van der Waals surface area contributed by atoms with E-state index in [-0.39, 0.29) is 16.2 Å². The first-order chi connectivity index (χ1) is 15.2. The molecular weight excluding hydrogens is 448 g/mol. The second-order valence-electron chi connectivity index (χ2n) is 7.01. The lowest BCUT2D eigenvalue weighted by Crippen LogP contribution is -2.13. The Hall–Kier alpha value is -3.60. The molecule has 32 heavy (non-hydrogen) atoms. The highest BCUT2D eigenvalue weighted by molar-refractivity contribution is 7.87. The Kier molecular flexibility index (Phi) is 6.98. The molecule has 0 bridgehead atoms. The van der Waals surface area contributed by atoms with Gasteiger partial charge in [0.2, 0.25) is 0 Å². The quantitative estimate of drug-likeness (QED) is 0.303.